The Bertz CT molecular complexity index is 931. The van der Waals surface area contributed by atoms with Crippen molar-refractivity contribution < 1.29 is 22.7 Å². The molecule has 0 bridgehead atoms. The highest BCUT2D eigenvalue weighted by molar-refractivity contribution is 7.93. The fourth-order valence-electron chi connectivity index (χ4n) is 2.77. The maximum Gasteiger partial charge on any atom is 0.267 e. The van der Waals surface area contributed by atoms with Gasteiger partial charge >= 0.3 is 0 Å². The van der Waals surface area contributed by atoms with Gasteiger partial charge < -0.3 is 14.4 Å². The monoisotopic (exact) mass is 424 g/mol. The first kappa shape index (κ1) is 20.4. The maximum atomic E-state index is 13.1. The van der Waals surface area contributed by atoms with E-state index >= 15 is 0 Å². The molecule has 0 aromatic heterocycles. The Kier molecular flexibility index (Phi) is 6.43. The minimum Gasteiger partial charge on any atom is -0.482 e. The number of sulfonamides is 1. The van der Waals surface area contributed by atoms with Crippen LogP contribution < -0.4 is 9.04 Å². The molecular weight excluding hydrogens is 404 g/mol. The van der Waals surface area contributed by atoms with Crippen LogP contribution in [0.15, 0.2) is 53.4 Å². The Labute approximate surface area is 169 Å². The summed E-state index contributed by atoms with van der Waals surface area (Å²) in [6.07, 6.45) is 0. The number of hydrogen-bond donors (Lipinski definition) is 0. The Morgan fingerprint density at radius 3 is 2.54 bits per heavy atom. The topological polar surface area (TPSA) is 76.2 Å². The number of ether oxygens (including phenoxy) is 2. The lowest BCUT2D eigenvalue weighted by atomic mass is 10.3. The van der Waals surface area contributed by atoms with Crippen molar-refractivity contribution in [2.75, 3.05) is 44.3 Å². The van der Waals surface area contributed by atoms with Gasteiger partial charge in [-0.3, -0.25) is 9.10 Å². The summed E-state index contributed by atoms with van der Waals surface area (Å²) in [4.78, 5) is 13.8. The van der Waals surface area contributed by atoms with E-state index in [1.807, 2.05) is 0 Å². The first-order chi connectivity index (χ1) is 13.4. The zero-order valence-electron chi connectivity index (χ0n) is 15.4. The molecule has 0 radical (unpaired) electrons. The second-order valence-corrected chi connectivity index (χ2v) is 8.56. The van der Waals surface area contributed by atoms with Crippen LogP contribution >= 0.6 is 11.6 Å². The van der Waals surface area contributed by atoms with Gasteiger partial charge in [-0.05, 0) is 30.3 Å². The van der Waals surface area contributed by atoms with Crippen LogP contribution in [-0.2, 0) is 19.6 Å². The second kappa shape index (κ2) is 8.81. The Morgan fingerprint density at radius 1 is 1.18 bits per heavy atom. The molecule has 1 aliphatic rings. The van der Waals surface area contributed by atoms with Crippen molar-refractivity contribution in [3.8, 4) is 5.75 Å². The molecule has 0 aliphatic carbocycles. The van der Waals surface area contributed by atoms with Crippen molar-refractivity contribution in [3.63, 3.8) is 0 Å². The van der Waals surface area contributed by atoms with Crippen LogP contribution in [0, 0.1) is 0 Å². The zero-order chi connectivity index (χ0) is 20.1. The molecular formula is C19H21ClN2O5S. The third-order valence-electron chi connectivity index (χ3n) is 4.38. The number of morpholine rings is 1. The fraction of sp³-hybridized carbons (Fsp3) is 0.316. The third kappa shape index (κ3) is 4.57. The van der Waals surface area contributed by atoms with Crippen LogP contribution in [0.25, 0.3) is 0 Å². The maximum absolute atomic E-state index is 13.1. The van der Waals surface area contributed by atoms with Crippen molar-refractivity contribution in [2.24, 2.45) is 0 Å². The van der Waals surface area contributed by atoms with E-state index in [1.54, 1.807) is 35.2 Å². The lowest BCUT2D eigenvalue weighted by Crippen LogP contribution is -2.43. The van der Waals surface area contributed by atoms with Crippen molar-refractivity contribution in [3.05, 3.63) is 53.6 Å². The number of benzene rings is 2. The van der Waals surface area contributed by atoms with Crippen molar-refractivity contribution in [2.45, 2.75) is 4.90 Å². The van der Waals surface area contributed by atoms with Gasteiger partial charge in [0.2, 0.25) is 0 Å². The molecule has 1 saturated heterocycles. The fourth-order valence-corrected chi connectivity index (χ4v) is 4.36. The molecule has 2 aromatic rings. The van der Waals surface area contributed by atoms with E-state index in [9.17, 15) is 13.2 Å². The largest absolute Gasteiger partial charge is 0.482 e. The molecule has 0 saturated carbocycles. The van der Waals surface area contributed by atoms with Crippen LogP contribution in [0.4, 0.5) is 5.69 Å². The molecule has 1 amide bonds. The highest BCUT2D eigenvalue weighted by Gasteiger charge is 2.27. The summed E-state index contributed by atoms with van der Waals surface area (Å²) in [5.41, 5.74) is 0.498. The molecule has 0 spiro atoms. The lowest BCUT2D eigenvalue weighted by Gasteiger charge is -2.27. The number of nitrogens with zero attached hydrogens (tertiary/aromatic N) is 2. The number of anilines is 1. The standard InChI is InChI=1S/C19H21ClN2O5S/c1-21(16-5-3-2-4-6-16)28(24,25)18-13-15(20)7-8-17(18)27-14-19(23)22-9-11-26-12-10-22/h2-8,13H,9-12,14H2,1H3. The molecule has 3 rings (SSSR count). The highest BCUT2D eigenvalue weighted by Crippen LogP contribution is 2.31. The van der Waals surface area contributed by atoms with E-state index in [-0.39, 0.29) is 28.2 Å². The Balaban J connectivity index is 1.83. The van der Waals surface area contributed by atoms with Crippen LogP contribution in [0.5, 0.6) is 5.75 Å². The van der Waals surface area contributed by atoms with Crippen molar-refractivity contribution >= 4 is 33.2 Å². The summed E-state index contributed by atoms with van der Waals surface area (Å²) in [7, 11) is -2.49. The van der Waals surface area contributed by atoms with Gasteiger partial charge in [-0.25, -0.2) is 8.42 Å². The van der Waals surface area contributed by atoms with E-state index in [4.69, 9.17) is 21.1 Å². The van der Waals surface area contributed by atoms with Gasteiger partial charge in [-0.15, -0.1) is 0 Å². The van der Waals surface area contributed by atoms with Crippen molar-refractivity contribution in [1.82, 2.24) is 4.90 Å². The summed E-state index contributed by atoms with van der Waals surface area (Å²) < 4.78 is 38.2. The third-order valence-corrected chi connectivity index (χ3v) is 6.42. The molecule has 0 atom stereocenters. The van der Waals surface area contributed by atoms with Crippen LogP contribution in [-0.4, -0.2) is 59.2 Å². The van der Waals surface area contributed by atoms with E-state index in [1.165, 1.54) is 25.2 Å². The van der Waals surface area contributed by atoms with Gasteiger partial charge in [0.1, 0.15) is 10.6 Å². The average molecular weight is 425 g/mol. The minimum absolute atomic E-state index is 0.0776. The predicted octanol–water partition coefficient (Wildman–Crippen LogP) is 2.40. The Morgan fingerprint density at radius 2 is 1.86 bits per heavy atom. The van der Waals surface area contributed by atoms with Gasteiger partial charge in [0.05, 0.1) is 18.9 Å². The predicted molar refractivity (Wildman–Crippen MR) is 106 cm³/mol. The number of amides is 1. The van der Waals surface area contributed by atoms with Gasteiger partial charge in [0, 0.05) is 25.2 Å². The molecule has 1 heterocycles. The number of rotatable bonds is 6. The van der Waals surface area contributed by atoms with Gasteiger partial charge in [-0.1, -0.05) is 29.8 Å². The number of carbonyl (C=O) groups excluding carboxylic acids is 1. The van der Waals surface area contributed by atoms with E-state index in [0.29, 0.717) is 32.0 Å². The zero-order valence-corrected chi connectivity index (χ0v) is 16.9. The first-order valence-corrected chi connectivity index (χ1v) is 10.5. The quantitative estimate of drug-likeness (QED) is 0.711. The van der Waals surface area contributed by atoms with E-state index in [0.717, 1.165) is 4.31 Å². The summed E-state index contributed by atoms with van der Waals surface area (Å²) in [5.74, 6) is -0.146. The van der Waals surface area contributed by atoms with Crippen LogP contribution in [0.2, 0.25) is 5.02 Å². The number of carbonyl (C=O) groups is 1. The molecule has 2 aromatic carbocycles. The molecule has 150 valence electrons. The molecule has 0 N–H and O–H groups in total. The number of para-hydroxylation sites is 1. The van der Waals surface area contributed by atoms with E-state index < -0.39 is 10.0 Å². The molecule has 7 nitrogen and oxygen atoms in total. The smallest absolute Gasteiger partial charge is 0.267 e. The highest BCUT2D eigenvalue weighted by atomic mass is 35.5. The second-order valence-electron chi connectivity index (χ2n) is 6.18. The summed E-state index contributed by atoms with van der Waals surface area (Å²) in [5, 5.41) is 0.256. The summed E-state index contributed by atoms with van der Waals surface area (Å²) in [6, 6.07) is 13.0. The molecule has 1 aliphatic heterocycles. The van der Waals surface area contributed by atoms with Crippen LogP contribution in [0.3, 0.4) is 0 Å². The van der Waals surface area contributed by atoms with Crippen LogP contribution in [0.1, 0.15) is 0 Å². The summed E-state index contributed by atoms with van der Waals surface area (Å²) in [6.45, 7) is 1.68. The normalized spacial score (nSPS) is 14.6. The minimum atomic E-state index is -3.94. The lowest BCUT2D eigenvalue weighted by molar-refractivity contribution is -0.137. The number of halogens is 1. The van der Waals surface area contributed by atoms with Gasteiger partial charge in [-0.2, -0.15) is 0 Å². The molecule has 0 unspecified atom stereocenters. The molecule has 28 heavy (non-hydrogen) atoms. The molecule has 1 fully saturated rings. The van der Waals surface area contributed by atoms with Gasteiger partial charge in [0.25, 0.3) is 15.9 Å². The number of hydrogen-bond acceptors (Lipinski definition) is 5. The first-order valence-electron chi connectivity index (χ1n) is 8.71. The molecule has 9 heteroatoms. The van der Waals surface area contributed by atoms with Crippen molar-refractivity contribution in [1.29, 1.82) is 0 Å². The van der Waals surface area contributed by atoms with Gasteiger partial charge in [0.15, 0.2) is 6.61 Å². The Hall–Kier alpha value is -2.29. The SMILES string of the molecule is CN(c1ccccc1)S(=O)(=O)c1cc(Cl)ccc1OCC(=O)N1CCOCC1. The average Bonchev–Trinajstić information content (AvgIpc) is 2.73. The van der Waals surface area contributed by atoms with E-state index in [2.05, 4.69) is 0 Å². The summed E-state index contributed by atoms with van der Waals surface area (Å²) >= 11 is 6.03.